The molecule has 1 saturated heterocycles. The third kappa shape index (κ3) is 1.89. The van der Waals surface area contributed by atoms with Gasteiger partial charge in [0, 0.05) is 30.4 Å². The lowest BCUT2D eigenvalue weighted by Crippen LogP contribution is -2.20. The van der Waals surface area contributed by atoms with E-state index in [0.717, 1.165) is 19.5 Å². The van der Waals surface area contributed by atoms with Gasteiger partial charge in [-0.1, -0.05) is 18.2 Å². The molecule has 1 aromatic carbocycles. The molecule has 2 unspecified atom stereocenters. The highest BCUT2D eigenvalue weighted by Gasteiger charge is 2.30. The molecule has 0 amide bonds. The number of likely N-dealkylation sites (tertiary alicyclic amines) is 1. The molecule has 0 spiro atoms. The van der Waals surface area contributed by atoms with Crippen LogP contribution in [0.2, 0.25) is 0 Å². The highest BCUT2D eigenvalue weighted by atomic mass is 15.2. The zero-order valence-corrected chi connectivity index (χ0v) is 10.7. The van der Waals surface area contributed by atoms with Gasteiger partial charge in [0.2, 0.25) is 0 Å². The van der Waals surface area contributed by atoms with Gasteiger partial charge >= 0.3 is 0 Å². The van der Waals surface area contributed by atoms with Gasteiger partial charge in [0.25, 0.3) is 0 Å². The van der Waals surface area contributed by atoms with E-state index in [9.17, 15) is 0 Å². The van der Waals surface area contributed by atoms with Crippen molar-refractivity contribution in [1.82, 2.24) is 9.88 Å². The normalized spacial score (nSPS) is 24.8. The number of aromatic nitrogens is 1. The first-order valence-electron chi connectivity index (χ1n) is 6.52. The van der Waals surface area contributed by atoms with E-state index < -0.39 is 0 Å². The number of fused-ring (bicyclic) bond motifs is 1. The first kappa shape index (κ1) is 11.6. The Balaban J connectivity index is 2.04. The van der Waals surface area contributed by atoms with Crippen LogP contribution >= 0.6 is 0 Å². The van der Waals surface area contributed by atoms with Crippen LogP contribution in [0, 0.1) is 5.92 Å². The molecule has 1 aliphatic heterocycles. The van der Waals surface area contributed by atoms with E-state index in [4.69, 9.17) is 5.73 Å². The van der Waals surface area contributed by atoms with Crippen molar-refractivity contribution < 1.29 is 0 Å². The SMILES string of the molecule is CN1CC(CN)CC1c1cccc2ccncc12. The lowest BCUT2D eigenvalue weighted by Gasteiger charge is -2.21. The molecule has 94 valence electrons. The summed E-state index contributed by atoms with van der Waals surface area (Å²) in [6.45, 7) is 1.88. The number of pyridine rings is 1. The zero-order valence-electron chi connectivity index (χ0n) is 10.7. The lowest BCUT2D eigenvalue weighted by atomic mass is 9.96. The summed E-state index contributed by atoms with van der Waals surface area (Å²) in [5.74, 6) is 0.618. The molecule has 3 nitrogen and oxygen atoms in total. The molecule has 2 N–H and O–H groups in total. The summed E-state index contributed by atoms with van der Waals surface area (Å²) in [7, 11) is 2.19. The Hall–Kier alpha value is -1.45. The Bertz CT molecular complexity index is 547. The Morgan fingerprint density at radius 3 is 3.06 bits per heavy atom. The molecule has 1 fully saturated rings. The Morgan fingerprint density at radius 2 is 2.28 bits per heavy atom. The van der Waals surface area contributed by atoms with Gasteiger partial charge < -0.3 is 5.73 Å². The van der Waals surface area contributed by atoms with Gasteiger partial charge in [0.15, 0.2) is 0 Å². The molecule has 2 aromatic rings. The number of hydrogen-bond donors (Lipinski definition) is 1. The van der Waals surface area contributed by atoms with E-state index in [2.05, 4.69) is 41.2 Å². The van der Waals surface area contributed by atoms with Crippen molar-refractivity contribution in [1.29, 1.82) is 0 Å². The maximum absolute atomic E-state index is 5.81. The van der Waals surface area contributed by atoms with Crippen LogP contribution in [0.15, 0.2) is 36.7 Å². The molecule has 0 saturated carbocycles. The van der Waals surface area contributed by atoms with Crippen LogP contribution in [0.3, 0.4) is 0 Å². The number of hydrogen-bond acceptors (Lipinski definition) is 3. The van der Waals surface area contributed by atoms with Crippen LogP contribution in [0.1, 0.15) is 18.0 Å². The van der Waals surface area contributed by atoms with Gasteiger partial charge in [-0.25, -0.2) is 0 Å². The highest BCUT2D eigenvalue weighted by Crippen LogP contribution is 2.36. The quantitative estimate of drug-likeness (QED) is 0.876. The fourth-order valence-electron chi connectivity index (χ4n) is 3.07. The number of nitrogens with two attached hydrogens (primary N) is 1. The van der Waals surface area contributed by atoms with E-state index in [1.54, 1.807) is 0 Å². The maximum Gasteiger partial charge on any atom is 0.0355 e. The second-order valence-electron chi connectivity index (χ2n) is 5.24. The third-order valence-electron chi connectivity index (χ3n) is 4.04. The molecule has 3 heteroatoms. The molecule has 0 bridgehead atoms. The molecule has 1 aromatic heterocycles. The molecule has 0 aliphatic carbocycles. The summed E-state index contributed by atoms with van der Waals surface area (Å²) >= 11 is 0. The Labute approximate surface area is 108 Å². The number of rotatable bonds is 2. The topological polar surface area (TPSA) is 42.1 Å². The van der Waals surface area contributed by atoms with E-state index in [1.807, 2.05) is 12.4 Å². The van der Waals surface area contributed by atoms with Gasteiger partial charge in [-0.05, 0) is 42.9 Å². The molecular weight excluding hydrogens is 222 g/mol. The minimum absolute atomic E-state index is 0.478. The summed E-state index contributed by atoms with van der Waals surface area (Å²) < 4.78 is 0. The predicted octanol–water partition coefficient (Wildman–Crippen LogP) is 2.19. The van der Waals surface area contributed by atoms with Gasteiger partial charge in [-0.3, -0.25) is 9.88 Å². The van der Waals surface area contributed by atoms with Gasteiger partial charge in [-0.15, -0.1) is 0 Å². The van der Waals surface area contributed by atoms with Crippen LogP contribution in [0.5, 0.6) is 0 Å². The monoisotopic (exact) mass is 241 g/mol. The Kier molecular flexibility index (Phi) is 3.02. The molecule has 18 heavy (non-hydrogen) atoms. The van der Waals surface area contributed by atoms with Gasteiger partial charge in [-0.2, -0.15) is 0 Å². The molecule has 0 radical (unpaired) electrons. The van der Waals surface area contributed by atoms with Crippen molar-refractivity contribution in [2.45, 2.75) is 12.5 Å². The fourth-order valence-corrected chi connectivity index (χ4v) is 3.07. The summed E-state index contributed by atoms with van der Waals surface area (Å²) in [5.41, 5.74) is 7.20. The molecule has 2 atom stereocenters. The average Bonchev–Trinajstić information content (AvgIpc) is 2.79. The third-order valence-corrected chi connectivity index (χ3v) is 4.04. The van der Waals surface area contributed by atoms with Crippen LogP contribution in [-0.2, 0) is 0 Å². The van der Waals surface area contributed by atoms with Gasteiger partial charge in [0.1, 0.15) is 0 Å². The number of benzene rings is 1. The minimum atomic E-state index is 0.478. The zero-order chi connectivity index (χ0) is 12.5. The van der Waals surface area contributed by atoms with Crippen LogP contribution in [0.25, 0.3) is 10.8 Å². The van der Waals surface area contributed by atoms with Crippen molar-refractivity contribution in [3.05, 3.63) is 42.2 Å². The van der Waals surface area contributed by atoms with E-state index in [1.165, 1.54) is 16.3 Å². The van der Waals surface area contributed by atoms with E-state index >= 15 is 0 Å². The minimum Gasteiger partial charge on any atom is -0.330 e. The van der Waals surface area contributed by atoms with Crippen LogP contribution < -0.4 is 5.73 Å². The van der Waals surface area contributed by atoms with Crippen molar-refractivity contribution in [2.75, 3.05) is 20.1 Å². The second-order valence-corrected chi connectivity index (χ2v) is 5.24. The first-order valence-corrected chi connectivity index (χ1v) is 6.52. The first-order chi connectivity index (χ1) is 8.79. The summed E-state index contributed by atoms with van der Waals surface area (Å²) in [6, 6.07) is 9.07. The number of nitrogens with zero attached hydrogens (tertiary/aromatic N) is 2. The standard InChI is InChI=1S/C15H19N3/c1-18-10-11(8-16)7-15(18)13-4-2-3-12-5-6-17-9-14(12)13/h2-6,9,11,15H,7-8,10,16H2,1H3. The van der Waals surface area contributed by atoms with E-state index in [-0.39, 0.29) is 0 Å². The molecule has 2 heterocycles. The Morgan fingerprint density at radius 1 is 1.39 bits per heavy atom. The van der Waals surface area contributed by atoms with Gasteiger partial charge in [0.05, 0.1) is 0 Å². The molecule has 3 rings (SSSR count). The van der Waals surface area contributed by atoms with Crippen LogP contribution in [0.4, 0.5) is 0 Å². The summed E-state index contributed by atoms with van der Waals surface area (Å²) in [5, 5.41) is 2.54. The lowest BCUT2D eigenvalue weighted by molar-refractivity contribution is 0.315. The largest absolute Gasteiger partial charge is 0.330 e. The van der Waals surface area contributed by atoms with Crippen molar-refractivity contribution in [2.24, 2.45) is 11.7 Å². The van der Waals surface area contributed by atoms with E-state index in [0.29, 0.717) is 12.0 Å². The summed E-state index contributed by atoms with van der Waals surface area (Å²) in [4.78, 5) is 6.68. The smallest absolute Gasteiger partial charge is 0.0355 e. The predicted molar refractivity (Wildman–Crippen MR) is 74.3 cm³/mol. The van der Waals surface area contributed by atoms with Crippen molar-refractivity contribution in [3.63, 3.8) is 0 Å². The maximum atomic E-state index is 5.81. The second kappa shape index (κ2) is 4.67. The average molecular weight is 241 g/mol. The fraction of sp³-hybridized carbons (Fsp3) is 0.400. The van der Waals surface area contributed by atoms with Crippen LogP contribution in [-0.4, -0.2) is 30.0 Å². The molecular formula is C15H19N3. The molecule has 1 aliphatic rings. The van der Waals surface area contributed by atoms with Crippen molar-refractivity contribution in [3.8, 4) is 0 Å². The summed E-state index contributed by atoms with van der Waals surface area (Å²) in [6.07, 6.45) is 4.99. The van der Waals surface area contributed by atoms with Crippen molar-refractivity contribution >= 4 is 10.8 Å². The highest BCUT2D eigenvalue weighted by molar-refractivity contribution is 5.85.